The van der Waals surface area contributed by atoms with E-state index in [0.717, 1.165) is 6.07 Å². The topological polar surface area (TPSA) is 21.6 Å². The van der Waals surface area contributed by atoms with Crippen molar-refractivity contribution in [3.63, 3.8) is 0 Å². The summed E-state index contributed by atoms with van der Waals surface area (Å²) in [5, 5.41) is 4.09. The first kappa shape index (κ1) is 16.8. The number of nitrogens with zero attached hydrogens (tertiary/aromatic N) is 1. The summed E-state index contributed by atoms with van der Waals surface area (Å²) in [7, 11) is 0. The molecule has 0 aliphatic carbocycles. The molecule has 0 atom stereocenters. The van der Waals surface area contributed by atoms with Gasteiger partial charge in [0.1, 0.15) is 6.10 Å². The largest absolute Gasteiger partial charge is 0.417 e. The molecule has 0 fully saturated rings. The van der Waals surface area contributed by atoms with Crippen LogP contribution in [0, 0.1) is 0 Å². The van der Waals surface area contributed by atoms with E-state index in [9.17, 15) is 13.2 Å². The molecule has 6 heteroatoms. The monoisotopic (exact) mass is 307 g/mol. The van der Waals surface area contributed by atoms with Gasteiger partial charge in [0.25, 0.3) is 0 Å². The van der Waals surface area contributed by atoms with Crippen molar-refractivity contribution >= 4 is 17.3 Å². The molecule has 1 rings (SSSR count). The molecule has 0 amide bonds. The number of hydrogen-bond donors (Lipinski definition) is 0. The van der Waals surface area contributed by atoms with Crippen molar-refractivity contribution in [3.05, 3.63) is 34.3 Å². The second-order valence-electron chi connectivity index (χ2n) is 4.63. The second-order valence-corrected chi connectivity index (χ2v) is 5.07. The molecule has 0 saturated carbocycles. The van der Waals surface area contributed by atoms with Gasteiger partial charge in [0.2, 0.25) is 0 Å². The number of alkyl halides is 3. The van der Waals surface area contributed by atoms with Gasteiger partial charge in [0.05, 0.1) is 11.3 Å². The van der Waals surface area contributed by atoms with E-state index in [-0.39, 0.29) is 22.4 Å². The van der Waals surface area contributed by atoms with Gasteiger partial charge in [-0.1, -0.05) is 30.1 Å². The van der Waals surface area contributed by atoms with E-state index >= 15 is 0 Å². The molecule has 0 aliphatic rings. The third-order valence-corrected chi connectivity index (χ3v) is 2.69. The Hall–Kier alpha value is -1.23. The molecule has 112 valence electrons. The SMILES string of the molecule is CCCC(=NOC(C)C)c1cc(Cl)ccc1C(F)(F)F. The van der Waals surface area contributed by atoms with Crippen LogP contribution in [-0.2, 0) is 11.0 Å². The highest BCUT2D eigenvalue weighted by Gasteiger charge is 2.34. The standard InChI is InChI=1S/C14H17ClF3NO/c1-4-5-13(19-20-9(2)3)11-8-10(15)6-7-12(11)14(16,17)18/h6-9H,4-5H2,1-3H3. The number of hydrogen-bond acceptors (Lipinski definition) is 2. The zero-order valence-electron chi connectivity index (χ0n) is 11.6. The van der Waals surface area contributed by atoms with E-state index in [0.29, 0.717) is 12.8 Å². The smallest absolute Gasteiger partial charge is 0.393 e. The van der Waals surface area contributed by atoms with Crippen molar-refractivity contribution in [2.45, 2.75) is 45.9 Å². The fraction of sp³-hybridized carbons (Fsp3) is 0.500. The summed E-state index contributed by atoms with van der Waals surface area (Å²) >= 11 is 5.81. The Labute approximate surface area is 121 Å². The molecule has 2 nitrogen and oxygen atoms in total. The molecule has 0 radical (unpaired) electrons. The van der Waals surface area contributed by atoms with Crippen molar-refractivity contribution in [3.8, 4) is 0 Å². The van der Waals surface area contributed by atoms with E-state index in [1.165, 1.54) is 12.1 Å². The first-order chi connectivity index (χ1) is 9.25. The lowest BCUT2D eigenvalue weighted by atomic mass is 9.99. The third-order valence-electron chi connectivity index (χ3n) is 2.46. The minimum Gasteiger partial charge on any atom is -0.393 e. The molecule has 1 aromatic rings. The Morgan fingerprint density at radius 1 is 1.35 bits per heavy atom. The molecule has 20 heavy (non-hydrogen) atoms. The molecule has 0 bridgehead atoms. The Morgan fingerprint density at radius 2 is 2.00 bits per heavy atom. The molecule has 0 heterocycles. The molecule has 1 aromatic carbocycles. The van der Waals surface area contributed by atoms with Crippen LogP contribution in [0.4, 0.5) is 13.2 Å². The second kappa shape index (κ2) is 6.97. The van der Waals surface area contributed by atoms with Crippen LogP contribution >= 0.6 is 11.6 Å². The Kier molecular flexibility index (Phi) is 5.87. The minimum atomic E-state index is -4.45. The summed E-state index contributed by atoms with van der Waals surface area (Å²) in [4.78, 5) is 5.10. The van der Waals surface area contributed by atoms with Crippen molar-refractivity contribution in [1.82, 2.24) is 0 Å². The maximum absolute atomic E-state index is 13.0. The Morgan fingerprint density at radius 3 is 2.50 bits per heavy atom. The average molecular weight is 308 g/mol. The van der Waals surface area contributed by atoms with E-state index in [4.69, 9.17) is 16.4 Å². The highest BCUT2D eigenvalue weighted by Crippen LogP contribution is 2.34. The maximum atomic E-state index is 13.0. The third kappa shape index (κ3) is 4.71. The maximum Gasteiger partial charge on any atom is 0.417 e. The number of oxime groups is 1. The van der Waals surface area contributed by atoms with Crippen molar-refractivity contribution < 1.29 is 18.0 Å². The zero-order chi connectivity index (χ0) is 15.3. The normalized spacial score (nSPS) is 12.9. The van der Waals surface area contributed by atoms with Gasteiger partial charge in [-0.15, -0.1) is 0 Å². The number of halogens is 4. The van der Waals surface area contributed by atoms with Crippen LogP contribution in [0.3, 0.4) is 0 Å². The molecule has 0 N–H and O–H groups in total. The predicted molar refractivity (Wildman–Crippen MR) is 74.1 cm³/mol. The Bertz CT molecular complexity index is 484. The zero-order valence-corrected chi connectivity index (χ0v) is 12.3. The summed E-state index contributed by atoms with van der Waals surface area (Å²) in [5.74, 6) is 0. The van der Waals surface area contributed by atoms with Gasteiger partial charge in [-0.3, -0.25) is 0 Å². The number of benzene rings is 1. The highest BCUT2D eigenvalue weighted by atomic mass is 35.5. The van der Waals surface area contributed by atoms with Crippen LogP contribution in [-0.4, -0.2) is 11.8 Å². The van der Waals surface area contributed by atoms with Crippen LogP contribution in [0.1, 0.15) is 44.7 Å². The number of rotatable bonds is 5. The fourth-order valence-corrected chi connectivity index (χ4v) is 1.81. The fourth-order valence-electron chi connectivity index (χ4n) is 1.64. The predicted octanol–water partition coefficient (Wildman–Crippen LogP) is 5.29. The van der Waals surface area contributed by atoms with Crippen LogP contribution in [0.5, 0.6) is 0 Å². The van der Waals surface area contributed by atoms with Crippen LogP contribution < -0.4 is 0 Å². The highest BCUT2D eigenvalue weighted by molar-refractivity contribution is 6.31. The van der Waals surface area contributed by atoms with Gasteiger partial charge in [-0.2, -0.15) is 13.2 Å². The molecule has 0 aliphatic heterocycles. The molecule has 0 aromatic heterocycles. The van der Waals surface area contributed by atoms with Gasteiger partial charge >= 0.3 is 6.18 Å². The first-order valence-corrected chi connectivity index (χ1v) is 6.73. The van der Waals surface area contributed by atoms with Crippen molar-refractivity contribution in [2.75, 3.05) is 0 Å². The molecular formula is C14H17ClF3NO. The summed E-state index contributed by atoms with van der Waals surface area (Å²) in [6.07, 6.45) is -3.61. The van der Waals surface area contributed by atoms with Crippen molar-refractivity contribution in [1.29, 1.82) is 0 Å². The van der Waals surface area contributed by atoms with E-state index in [1.807, 2.05) is 6.92 Å². The van der Waals surface area contributed by atoms with E-state index in [2.05, 4.69) is 5.16 Å². The summed E-state index contributed by atoms with van der Waals surface area (Å²) in [5.41, 5.74) is -0.509. The van der Waals surface area contributed by atoms with Crippen molar-refractivity contribution in [2.24, 2.45) is 5.16 Å². The van der Waals surface area contributed by atoms with Crippen LogP contribution in [0.15, 0.2) is 23.4 Å². The summed E-state index contributed by atoms with van der Waals surface area (Å²) in [6, 6.07) is 3.47. The molecular weight excluding hydrogens is 291 g/mol. The summed E-state index contributed by atoms with van der Waals surface area (Å²) in [6.45, 7) is 5.38. The van der Waals surface area contributed by atoms with Gasteiger partial charge < -0.3 is 4.84 Å². The summed E-state index contributed by atoms with van der Waals surface area (Å²) < 4.78 is 39.1. The molecule has 0 unspecified atom stereocenters. The molecule has 0 saturated heterocycles. The van der Waals surface area contributed by atoms with E-state index < -0.39 is 11.7 Å². The van der Waals surface area contributed by atoms with Crippen LogP contribution in [0.2, 0.25) is 5.02 Å². The molecule has 0 spiro atoms. The van der Waals surface area contributed by atoms with Gasteiger partial charge in [0.15, 0.2) is 0 Å². The quantitative estimate of drug-likeness (QED) is 0.535. The van der Waals surface area contributed by atoms with E-state index in [1.54, 1.807) is 13.8 Å². The van der Waals surface area contributed by atoms with Gasteiger partial charge in [-0.25, -0.2) is 0 Å². The average Bonchev–Trinajstić information content (AvgIpc) is 2.32. The Balaban J connectivity index is 3.31. The van der Waals surface area contributed by atoms with Gasteiger partial charge in [0, 0.05) is 10.6 Å². The lowest BCUT2D eigenvalue weighted by Crippen LogP contribution is -2.14. The lowest BCUT2D eigenvalue weighted by Gasteiger charge is -2.15. The first-order valence-electron chi connectivity index (χ1n) is 6.35. The lowest BCUT2D eigenvalue weighted by molar-refractivity contribution is -0.137. The minimum absolute atomic E-state index is 0.0208. The van der Waals surface area contributed by atoms with Gasteiger partial charge in [-0.05, 0) is 38.5 Å². The van der Waals surface area contributed by atoms with Crippen LogP contribution in [0.25, 0.3) is 0 Å².